The topological polar surface area (TPSA) is 146 Å². The summed E-state index contributed by atoms with van der Waals surface area (Å²) >= 11 is 0. The van der Waals surface area contributed by atoms with Crippen LogP contribution < -0.4 is 11.1 Å². The van der Waals surface area contributed by atoms with E-state index in [4.69, 9.17) is 11.0 Å². The van der Waals surface area contributed by atoms with Crippen LogP contribution >= 0.6 is 0 Å². The molecule has 4 aromatic rings. The number of nitrogens with one attached hydrogen (secondary N) is 2. The Morgan fingerprint density at radius 1 is 1.26 bits per heavy atom. The summed E-state index contributed by atoms with van der Waals surface area (Å²) in [6, 6.07) is 9.41. The molecule has 0 spiro atoms. The van der Waals surface area contributed by atoms with Crippen LogP contribution in [0, 0.1) is 24.1 Å². The summed E-state index contributed by atoms with van der Waals surface area (Å²) in [6.45, 7) is 2.54. The Labute approximate surface area is 192 Å². The van der Waals surface area contributed by atoms with Gasteiger partial charge in [0.25, 0.3) is 5.91 Å². The molecule has 0 bridgehead atoms. The molecular weight excluding hydrogens is 439 g/mol. The van der Waals surface area contributed by atoms with Crippen molar-refractivity contribution in [3.05, 3.63) is 64.7 Å². The fourth-order valence-electron chi connectivity index (χ4n) is 4.15. The van der Waals surface area contributed by atoms with Crippen LogP contribution in [0.25, 0.3) is 22.2 Å². The largest absolute Gasteiger partial charge is 0.351 e. The van der Waals surface area contributed by atoms with Gasteiger partial charge in [0.1, 0.15) is 11.5 Å². The van der Waals surface area contributed by atoms with Gasteiger partial charge in [0.05, 0.1) is 53.1 Å². The molecule has 0 saturated carbocycles. The number of halogens is 1. The minimum atomic E-state index is -0.604. The molecule has 0 unspecified atom stereocenters. The Morgan fingerprint density at radius 3 is 2.82 bits per heavy atom. The fourth-order valence-corrected chi connectivity index (χ4v) is 4.15. The van der Waals surface area contributed by atoms with Gasteiger partial charge in [-0.3, -0.25) is 14.6 Å². The summed E-state index contributed by atoms with van der Waals surface area (Å²) in [7, 11) is 0. The standard InChI is InChI=1S/C23H19FN8O2/c1-12-6-15(3-2-13(12)9-25)28-22(33)20-19-11-31(23(26)34)4-5-32(19)30-21(20)14-7-17(24)16-10-27-29-18(16)8-14/h2-3,6-8,10H,4-5,11H2,1H3,(H2,26,34)(H,27,29)(H,28,33). The number of amides is 3. The Kier molecular flexibility index (Phi) is 4.98. The molecule has 2 aromatic carbocycles. The number of carbonyl (C=O) groups is 2. The van der Waals surface area contributed by atoms with Crippen LogP contribution in [0.4, 0.5) is 14.9 Å². The molecule has 0 fully saturated rings. The predicted molar refractivity (Wildman–Crippen MR) is 121 cm³/mol. The number of nitrogens with two attached hydrogens (primary N) is 1. The Hall–Kier alpha value is -4.72. The minimum Gasteiger partial charge on any atom is -0.351 e. The van der Waals surface area contributed by atoms with Crippen LogP contribution in [0.15, 0.2) is 36.5 Å². The fraction of sp³-hybridized carbons (Fsp3) is 0.174. The number of carbonyl (C=O) groups excluding carboxylic acids is 2. The molecule has 1 aliphatic heterocycles. The van der Waals surface area contributed by atoms with Gasteiger partial charge in [0, 0.05) is 17.8 Å². The van der Waals surface area contributed by atoms with Gasteiger partial charge in [-0.25, -0.2) is 9.18 Å². The zero-order valence-electron chi connectivity index (χ0n) is 18.1. The number of aromatic amines is 1. The first-order valence-corrected chi connectivity index (χ1v) is 10.4. The Morgan fingerprint density at radius 2 is 2.09 bits per heavy atom. The first-order chi connectivity index (χ1) is 16.4. The number of rotatable bonds is 3. The van der Waals surface area contributed by atoms with Gasteiger partial charge in [-0.1, -0.05) is 0 Å². The first-order valence-electron chi connectivity index (χ1n) is 10.4. The summed E-state index contributed by atoms with van der Waals surface area (Å²) < 4.78 is 16.4. The van der Waals surface area contributed by atoms with Crippen LogP contribution in [0.3, 0.4) is 0 Å². The van der Waals surface area contributed by atoms with Crippen molar-refractivity contribution in [3.8, 4) is 17.3 Å². The number of nitriles is 1. The summed E-state index contributed by atoms with van der Waals surface area (Å²) in [5.41, 5.74) is 9.02. The summed E-state index contributed by atoms with van der Waals surface area (Å²) in [5.74, 6) is -0.975. The summed E-state index contributed by atoms with van der Waals surface area (Å²) in [6.07, 6.45) is 1.39. The van der Waals surface area contributed by atoms with E-state index in [9.17, 15) is 14.0 Å². The zero-order valence-corrected chi connectivity index (χ0v) is 18.1. The van der Waals surface area contributed by atoms with Crippen LogP contribution in [0.5, 0.6) is 0 Å². The molecule has 170 valence electrons. The number of nitrogens with zero attached hydrogens (tertiary/aromatic N) is 5. The highest BCUT2D eigenvalue weighted by molar-refractivity contribution is 6.09. The lowest BCUT2D eigenvalue weighted by atomic mass is 10.0. The van der Waals surface area contributed by atoms with Crippen LogP contribution in [-0.2, 0) is 13.1 Å². The molecule has 0 radical (unpaired) electrons. The molecule has 34 heavy (non-hydrogen) atoms. The van der Waals surface area contributed by atoms with Gasteiger partial charge in [-0.15, -0.1) is 0 Å². The lowest BCUT2D eigenvalue weighted by Gasteiger charge is -2.26. The highest BCUT2D eigenvalue weighted by Crippen LogP contribution is 2.32. The van der Waals surface area contributed by atoms with E-state index in [2.05, 4.69) is 26.7 Å². The van der Waals surface area contributed by atoms with E-state index in [-0.39, 0.29) is 17.8 Å². The third kappa shape index (κ3) is 3.51. The molecule has 0 aliphatic carbocycles. The molecule has 5 rings (SSSR count). The van der Waals surface area contributed by atoms with Crippen LogP contribution in [0.1, 0.15) is 27.2 Å². The van der Waals surface area contributed by atoms with E-state index in [0.29, 0.717) is 52.1 Å². The molecule has 3 amide bonds. The van der Waals surface area contributed by atoms with Gasteiger partial charge in [-0.2, -0.15) is 15.5 Å². The number of urea groups is 1. The number of primary amides is 1. The SMILES string of the molecule is Cc1cc(NC(=O)c2c(-c3cc(F)c4cn[nH]c4c3)nn3c2CN(C(N)=O)CC3)ccc1C#N. The highest BCUT2D eigenvalue weighted by atomic mass is 19.1. The predicted octanol–water partition coefficient (Wildman–Crippen LogP) is 2.89. The second-order valence-electron chi connectivity index (χ2n) is 8.04. The van der Waals surface area contributed by atoms with Crippen molar-refractivity contribution in [2.45, 2.75) is 20.0 Å². The van der Waals surface area contributed by atoms with Crippen molar-refractivity contribution in [3.63, 3.8) is 0 Å². The lowest BCUT2D eigenvalue weighted by Crippen LogP contribution is -2.42. The third-order valence-electron chi connectivity index (χ3n) is 5.91. The lowest BCUT2D eigenvalue weighted by molar-refractivity contribution is 0.102. The maximum absolute atomic E-state index is 14.7. The number of anilines is 1. The van der Waals surface area contributed by atoms with Crippen LogP contribution in [-0.4, -0.2) is 43.4 Å². The van der Waals surface area contributed by atoms with Gasteiger partial charge in [-0.05, 0) is 42.8 Å². The normalized spacial score (nSPS) is 12.9. The van der Waals surface area contributed by atoms with E-state index in [1.54, 1.807) is 35.9 Å². The maximum atomic E-state index is 14.7. The minimum absolute atomic E-state index is 0.0896. The monoisotopic (exact) mass is 458 g/mol. The molecule has 10 nitrogen and oxygen atoms in total. The Bertz CT molecular complexity index is 1510. The quantitative estimate of drug-likeness (QED) is 0.432. The number of hydrogen-bond acceptors (Lipinski definition) is 5. The molecule has 0 atom stereocenters. The average molecular weight is 458 g/mol. The Balaban J connectivity index is 1.62. The summed E-state index contributed by atoms with van der Waals surface area (Å²) in [5, 5.41) is 23.5. The number of H-pyrrole nitrogens is 1. The molecule has 4 N–H and O–H groups in total. The van der Waals surface area contributed by atoms with E-state index in [1.165, 1.54) is 17.2 Å². The number of benzene rings is 2. The molecule has 1 aliphatic rings. The van der Waals surface area contributed by atoms with E-state index < -0.39 is 17.8 Å². The second-order valence-corrected chi connectivity index (χ2v) is 8.04. The summed E-state index contributed by atoms with van der Waals surface area (Å²) in [4.78, 5) is 26.7. The number of aromatic nitrogens is 4. The van der Waals surface area contributed by atoms with Crippen molar-refractivity contribution in [2.24, 2.45) is 5.73 Å². The molecule has 3 heterocycles. The van der Waals surface area contributed by atoms with E-state index in [0.717, 1.165) is 0 Å². The van der Waals surface area contributed by atoms with Crippen molar-refractivity contribution in [1.82, 2.24) is 24.9 Å². The van der Waals surface area contributed by atoms with Gasteiger partial charge < -0.3 is 16.0 Å². The number of hydrogen-bond donors (Lipinski definition) is 3. The molecule has 2 aromatic heterocycles. The van der Waals surface area contributed by atoms with Crippen molar-refractivity contribution in [1.29, 1.82) is 5.26 Å². The molecule has 11 heteroatoms. The first kappa shape index (κ1) is 21.1. The number of aryl methyl sites for hydroxylation is 1. The van der Waals surface area contributed by atoms with Gasteiger partial charge >= 0.3 is 6.03 Å². The van der Waals surface area contributed by atoms with Gasteiger partial charge in [0.15, 0.2) is 0 Å². The highest BCUT2D eigenvalue weighted by Gasteiger charge is 2.30. The van der Waals surface area contributed by atoms with Crippen LogP contribution in [0.2, 0.25) is 0 Å². The maximum Gasteiger partial charge on any atom is 0.315 e. The van der Waals surface area contributed by atoms with Crippen molar-refractivity contribution in [2.75, 3.05) is 11.9 Å². The molecule has 0 saturated heterocycles. The number of fused-ring (bicyclic) bond motifs is 2. The average Bonchev–Trinajstić information content (AvgIpc) is 3.43. The van der Waals surface area contributed by atoms with Crippen molar-refractivity contribution < 1.29 is 14.0 Å². The smallest absolute Gasteiger partial charge is 0.315 e. The second kappa shape index (κ2) is 8.00. The van der Waals surface area contributed by atoms with Gasteiger partial charge in [0.2, 0.25) is 0 Å². The third-order valence-corrected chi connectivity index (χ3v) is 5.91. The molecular formula is C23H19FN8O2. The van der Waals surface area contributed by atoms with Crippen molar-refractivity contribution >= 4 is 28.5 Å². The zero-order chi connectivity index (χ0) is 24.0. The van der Waals surface area contributed by atoms with E-state index in [1.807, 2.05) is 0 Å². The van der Waals surface area contributed by atoms with E-state index >= 15 is 0 Å².